The number of likely N-dealkylation sites (tertiary alicyclic amines) is 1. The summed E-state index contributed by atoms with van der Waals surface area (Å²) in [5.41, 5.74) is 6.17. The summed E-state index contributed by atoms with van der Waals surface area (Å²) >= 11 is 6.53. The number of nitrogens with zero attached hydrogens (tertiary/aromatic N) is 2. The van der Waals surface area contributed by atoms with E-state index in [1.165, 1.54) is 16.8 Å². The third-order valence-corrected chi connectivity index (χ3v) is 8.41. The van der Waals surface area contributed by atoms with Gasteiger partial charge < -0.3 is 14.7 Å². The van der Waals surface area contributed by atoms with Crippen LogP contribution in [0.5, 0.6) is 5.75 Å². The molecule has 1 saturated heterocycles. The third kappa shape index (κ3) is 6.08. The number of carbonyl (C=O) groups is 1. The summed E-state index contributed by atoms with van der Waals surface area (Å²) in [6.45, 7) is 6.37. The van der Waals surface area contributed by atoms with Crippen molar-refractivity contribution in [3.05, 3.63) is 94.0 Å². The van der Waals surface area contributed by atoms with Gasteiger partial charge in [0.05, 0.1) is 23.0 Å². The fourth-order valence-electron chi connectivity index (χ4n) is 6.08. The minimum Gasteiger partial charge on any atom is -0.489 e. The number of carboxylic acids is 1. The summed E-state index contributed by atoms with van der Waals surface area (Å²) in [5.74, 6) is 5.40. The lowest BCUT2D eigenvalue weighted by Crippen LogP contribution is -2.44. The van der Waals surface area contributed by atoms with Crippen LogP contribution in [0.2, 0.25) is 5.02 Å². The summed E-state index contributed by atoms with van der Waals surface area (Å²) in [5, 5.41) is 10.0. The number of carboxylic acid groups (broad SMARTS) is 1. The molecule has 0 radical (unpaired) electrons. The van der Waals surface area contributed by atoms with Crippen molar-refractivity contribution in [3.63, 3.8) is 0 Å². The van der Waals surface area contributed by atoms with E-state index in [-0.39, 0.29) is 17.8 Å². The van der Waals surface area contributed by atoms with Gasteiger partial charge in [0.2, 0.25) is 0 Å². The molecule has 0 bridgehead atoms. The summed E-state index contributed by atoms with van der Waals surface area (Å²) in [4.78, 5) is 16.0. The van der Waals surface area contributed by atoms with Gasteiger partial charge >= 0.3 is 5.97 Å². The molecular formula is C33H35ClN2O3. The Balaban J connectivity index is 1.12. The highest BCUT2D eigenvalue weighted by Gasteiger charge is 2.44. The number of fused-ring (bicyclic) bond motifs is 2. The van der Waals surface area contributed by atoms with Crippen LogP contribution in [0.1, 0.15) is 54.4 Å². The number of likely N-dealkylation sites (N-methyl/N-ethyl adjacent to an activating group) is 1. The molecule has 1 unspecified atom stereocenters. The zero-order valence-corrected chi connectivity index (χ0v) is 23.4. The number of ether oxygens (including phenoxy) is 1. The van der Waals surface area contributed by atoms with Crippen LogP contribution in [0.25, 0.3) is 0 Å². The Morgan fingerprint density at radius 2 is 1.74 bits per heavy atom. The Hall–Kier alpha value is -3.46. The lowest BCUT2D eigenvalue weighted by atomic mass is 9.74. The Bertz CT molecular complexity index is 1370. The van der Waals surface area contributed by atoms with E-state index in [0.29, 0.717) is 6.61 Å². The summed E-state index contributed by atoms with van der Waals surface area (Å²) in [6.07, 6.45) is 2.29. The van der Waals surface area contributed by atoms with Gasteiger partial charge in [0.1, 0.15) is 12.4 Å². The van der Waals surface area contributed by atoms with Crippen LogP contribution in [0.15, 0.2) is 66.7 Å². The highest BCUT2D eigenvalue weighted by molar-refractivity contribution is 6.33. The Morgan fingerprint density at radius 3 is 2.41 bits per heavy atom. The van der Waals surface area contributed by atoms with E-state index in [0.717, 1.165) is 60.9 Å². The van der Waals surface area contributed by atoms with Crippen LogP contribution in [-0.4, -0.2) is 42.7 Å². The first-order valence-electron chi connectivity index (χ1n) is 13.5. The topological polar surface area (TPSA) is 53.0 Å². The Kier molecular flexibility index (Phi) is 8.16. The molecule has 1 spiro atoms. The molecular weight excluding hydrogens is 508 g/mol. The van der Waals surface area contributed by atoms with E-state index in [2.05, 4.69) is 65.1 Å². The smallest absolute Gasteiger partial charge is 0.304 e. The van der Waals surface area contributed by atoms with Crippen molar-refractivity contribution in [1.82, 2.24) is 4.90 Å². The number of hydrogen-bond acceptors (Lipinski definition) is 4. The molecule has 0 aliphatic carbocycles. The van der Waals surface area contributed by atoms with E-state index in [1.54, 1.807) is 6.92 Å². The molecule has 1 atom stereocenters. The van der Waals surface area contributed by atoms with Gasteiger partial charge in [-0.15, -0.1) is 5.92 Å². The molecule has 202 valence electrons. The van der Waals surface area contributed by atoms with Gasteiger partial charge in [0.25, 0.3) is 0 Å². The van der Waals surface area contributed by atoms with Crippen molar-refractivity contribution in [2.45, 2.75) is 50.7 Å². The molecule has 0 aromatic heterocycles. The van der Waals surface area contributed by atoms with Gasteiger partial charge in [-0.1, -0.05) is 66.1 Å². The number of piperidine rings is 1. The third-order valence-electron chi connectivity index (χ3n) is 8.11. The van der Waals surface area contributed by atoms with E-state index >= 15 is 0 Å². The molecule has 1 N–H and O–H groups in total. The van der Waals surface area contributed by atoms with Gasteiger partial charge in [0.15, 0.2) is 0 Å². The minimum atomic E-state index is -0.853. The number of anilines is 1. The van der Waals surface area contributed by atoms with Crippen molar-refractivity contribution in [2.24, 2.45) is 0 Å². The van der Waals surface area contributed by atoms with Crippen molar-refractivity contribution >= 4 is 23.3 Å². The number of aliphatic carboxylic acids is 1. The van der Waals surface area contributed by atoms with Crippen LogP contribution in [-0.2, 0) is 23.4 Å². The standard InChI is InChI=1S/C33H35ClN2O3/c1-3-5-27(20-31(37)38)26-12-14-28(15-13-26)39-22-25-10-8-24(9-11-25)21-36-18-16-33(17-19-36)23-35(2)32-29(33)6-4-7-30(32)34/h4,6-15,27H,16-23H2,1-2H3,(H,37,38). The number of rotatable bonds is 8. The normalized spacial score (nSPS) is 16.8. The van der Waals surface area contributed by atoms with Crippen LogP contribution < -0.4 is 9.64 Å². The van der Waals surface area contributed by atoms with Crippen LogP contribution in [0.3, 0.4) is 0 Å². The maximum Gasteiger partial charge on any atom is 0.304 e. The molecule has 3 aromatic carbocycles. The number of halogens is 1. The first-order chi connectivity index (χ1) is 18.9. The van der Waals surface area contributed by atoms with E-state index in [9.17, 15) is 4.79 Å². The van der Waals surface area contributed by atoms with E-state index in [4.69, 9.17) is 21.4 Å². The second kappa shape index (κ2) is 11.7. The predicted octanol–water partition coefficient (Wildman–Crippen LogP) is 6.48. The Labute approximate surface area is 236 Å². The van der Waals surface area contributed by atoms with E-state index < -0.39 is 5.97 Å². The monoisotopic (exact) mass is 542 g/mol. The van der Waals surface area contributed by atoms with Gasteiger partial charge in [-0.3, -0.25) is 9.69 Å². The zero-order valence-electron chi connectivity index (χ0n) is 22.6. The van der Waals surface area contributed by atoms with Crippen molar-refractivity contribution in [1.29, 1.82) is 0 Å². The largest absolute Gasteiger partial charge is 0.489 e. The molecule has 5 nitrogen and oxygen atoms in total. The minimum absolute atomic E-state index is 0.00807. The van der Waals surface area contributed by atoms with Gasteiger partial charge in [0, 0.05) is 25.6 Å². The molecule has 2 aliphatic heterocycles. The number of hydrogen-bond donors (Lipinski definition) is 1. The zero-order chi connectivity index (χ0) is 27.4. The Morgan fingerprint density at radius 1 is 1.05 bits per heavy atom. The van der Waals surface area contributed by atoms with Gasteiger partial charge in [-0.05, 0) is 73.3 Å². The number of benzene rings is 3. The fourth-order valence-corrected chi connectivity index (χ4v) is 6.40. The molecule has 6 heteroatoms. The molecule has 1 fully saturated rings. The highest BCUT2D eigenvalue weighted by atomic mass is 35.5. The summed E-state index contributed by atoms with van der Waals surface area (Å²) in [7, 11) is 2.16. The highest BCUT2D eigenvalue weighted by Crippen LogP contribution is 2.49. The molecule has 2 aliphatic rings. The van der Waals surface area contributed by atoms with Crippen LogP contribution in [0.4, 0.5) is 5.69 Å². The summed E-state index contributed by atoms with van der Waals surface area (Å²) < 4.78 is 5.98. The second-order valence-corrected chi connectivity index (χ2v) is 11.2. The molecule has 0 saturated carbocycles. The lowest BCUT2D eigenvalue weighted by Gasteiger charge is -2.40. The second-order valence-electron chi connectivity index (χ2n) is 10.8. The van der Waals surface area contributed by atoms with Crippen molar-refractivity contribution in [3.8, 4) is 17.6 Å². The van der Waals surface area contributed by atoms with Crippen molar-refractivity contribution in [2.75, 3.05) is 31.6 Å². The van der Waals surface area contributed by atoms with Crippen molar-refractivity contribution < 1.29 is 14.6 Å². The van der Waals surface area contributed by atoms with E-state index in [1.807, 2.05) is 30.3 Å². The van der Waals surface area contributed by atoms with Crippen LogP contribution in [0, 0.1) is 11.8 Å². The SMILES string of the molecule is CC#CC(CC(=O)O)c1ccc(OCc2ccc(CN3CCC4(CC3)CN(C)c3c(Cl)cccc34)cc2)cc1. The quantitative estimate of drug-likeness (QED) is 0.330. The summed E-state index contributed by atoms with van der Waals surface area (Å²) in [6, 6.07) is 22.6. The molecule has 0 amide bonds. The predicted molar refractivity (Wildman–Crippen MR) is 157 cm³/mol. The fraction of sp³-hybridized carbons (Fsp3) is 0.364. The maximum absolute atomic E-state index is 11.1. The molecule has 2 heterocycles. The van der Waals surface area contributed by atoms with Gasteiger partial charge in [-0.25, -0.2) is 0 Å². The maximum atomic E-state index is 11.1. The molecule has 3 aromatic rings. The first-order valence-corrected chi connectivity index (χ1v) is 13.9. The lowest BCUT2D eigenvalue weighted by molar-refractivity contribution is -0.137. The first kappa shape index (κ1) is 27.1. The number of para-hydroxylation sites is 1. The van der Waals surface area contributed by atoms with Gasteiger partial charge in [-0.2, -0.15) is 0 Å². The molecule has 39 heavy (non-hydrogen) atoms. The molecule has 5 rings (SSSR count). The van der Waals surface area contributed by atoms with Crippen LogP contribution >= 0.6 is 11.6 Å². The average molecular weight is 543 g/mol. The average Bonchev–Trinajstić information content (AvgIpc) is 3.21.